The van der Waals surface area contributed by atoms with Crippen molar-refractivity contribution < 1.29 is 27.4 Å². The Balaban J connectivity index is 1.65. The minimum atomic E-state index is -4.54. The van der Waals surface area contributed by atoms with Crippen LogP contribution >= 0.6 is 0 Å². The van der Waals surface area contributed by atoms with Crippen LogP contribution in [-0.4, -0.2) is 52.1 Å². The molecular weight excluding hydrogens is 365 g/mol. The summed E-state index contributed by atoms with van der Waals surface area (Å²) in [7, 11) is 1.47. The van der Waals surface area contributed by atoms with Crippen LogP contribution in [0.5, 0.6) is 11.8 Å². The lowest BCUT2D eigenvalue weighted by Crippen LogP contribution is -2.44. The van der Waals surface area contributed by atoms with Crippen molar-refractivity contribution in [2.75, 3.05) is 20.2 Å². The van der Waals surface area contributed by atoms with Gasteiger partial charge in [0.25, 0.3) is 5.91 Å². The Hall–Kier alpha value is -2.91. The number of likely N-dealkylation sites (tertiary alicyclic amines) is 1. The maximum Gasteiger partial charge on any atom is 0.433 e. The summed E-state index contributed by atoms with van der Waals surface area (Å²) in [5, 5.41) is 0. The third kappa shape index (κ3) is 4.63. The molecule has 1 fully saturated rings. The SMILES string of the molecule is COc1cncc(OC2CCCN(C(=O)c3ccc(C(F)(F)F)nc3)C2)n1. The first-order valence-electron chi connectivity index (χ1n) is 8.22. The highest BCUT2D eigenvalue weighted by Gasteiger charge is 2.33. The van der Waals surface area contributed by atoms with Crippen LogP contribution in [0.2, 0.25) is 0 Å². The van der Waals surface area contributed by atoms with Crippen LogP contribution in [0.25, 0.3) is 0 Å². The molecule has 2 aromatic rings. The van der Waals surface area contributed by atoms with Gasteiger partial charge in [0.2, 0.25) is 11.8 Å². The Morgan fingerprint density at radius 1 is 1.22 bits per heavy atom. The number of aromatic nitrogens is 3. The van der Waals surface area contributed by atoms with Gasteiger partial charge in [-0.2, -0.15) is 18.2 Å². The summed E-state index contributed by atoms with van der Waals surface area (Å²) >= 11 is 0. The van der Waals surface area contributed by atoms with E-state index in [0.717, 1.165) is 18.3 Å². The second kappa shape index (κ2) is 7.77. The molecule has 0 bridgehead atoms. The fourth-order valence-corrected chi connectivity index (χ4v) is 2.75. The molecule has 2 aromatic heterocycles. The molecule has 7 nitrogen and oxygen atoms in total. The number of carbonyl (C=O) groups is 1. The largest absolute Gasteiger partial charge is 0.480 e. The van der Waals surface area contributed by atoms with Gasteiger partial charge < -0.3 is 14.4 Å². The van der Waals surface area contributed by atoms with E-state index >= 15 is 0 Å². The first-order chi connectivity index (χ1) is 12.9. The Morgan fingerprint density at radius 3 is 2.67 bits per heavy atom. The van der Waals surface area contributed by atoms with Crippen molar-refractivity contribution in [2.24, 2.45) is 0 Å². The van der Waals surface area contributed by atoms with Gasteiger partial charge in [0.05, 0.1) is 31.6 Å². The Labute approximate surface area is 153 Å². The summed E-state index contributed by atoms with van der Waals surface area (Å²) < 4.78 is 48.5. The first kappa shape index (κ1) is 18.9. The van der Waals surface area contributed by atoms with Crippen LogP contribution in [0, 0.1) is 0 Å². The Kier molecular flexibility index (Phi) is 5.43. The van der Waals surface area contributed by atoms with Crippen LogP contribution in [0.1, 0.15) is 28.9 Å². The average molecular weight is 382 g/mol. The van der Waals surface area contributed by atoms with Crippen molar-refractivity contribution in [3.63, 3.8) is 0 Å². The highest BCUT2D eigenvalue weighted by atomic mass is 19.4. The molecule has 10 heteroatoms. The molecule has 0 aliphatic carbocycles. The molecule has 1 saturated heterocycles. The third-order valence-electron chi connectivity index (χ3n) is 4.05. The van der Waals surface area contributed by atoms with Gasteiger partial charge in [0, 0.05) is 12.7 Å². The summed E-state index contributed by atoms with van der Waals surface area (Å²) in [5.41, 5.74) is -0.930. The van der Waals surface area contributed by atoms with Gasteiger partial charge in [-0.3, -0.25) is 14.8 Å². The van der Waals surface area contributed by atoms with E-state index in [1.165, 1.54) is 24.4 Å². The molecule has 0 spiro atoms. The third-order valence-corrected chi connectivity index (χ3v) is 4.05. The van der Waals surface area contributed by atoms with Gasteiger partial charge >= 0.3 is 6.18 Å². The minimum absolute atomic E-state index is 0.102. The zero-order valence-electron chi connectivity index (χ0n) is 14.4. The standard InChI is InChI=1S/C17H17F3N4O3/c1-26-14-8-21-9-15(23-14)27-12-3-2-6-24(10-12)16(25)11-4-5-13(22-7-11)17(18,19)20/h4-5,7-9,12H,2-3,6,10H2,1H3. The fraction of sp³-hybridized carbons (Fsp3) is 0.412. The number of halogens is 3. The van der Waals surface area contributed by atoms with E-state index in [4.69, 9.17) is 9.47 Å². The summed E-state index contributed by atoms with van der Waals surface area (Å²) in [6, 6.07) is 1.94. The molecule has 3 heterocycles. The molecule has 1 aliphatic heterocycles. The zero-order valence-corrected chi connectivity index (χ0v) is 14.4. The molecule has 0 saturated carbocycles. The van der Waals surface area contributed by atoms with E-state index in [2.05, 4.69) is 15.0 Å². The maximum absolute atomic E-state index is 12.6. The normalized spacial score (nSPS) is 17.5. The highest BCUT2D eigenvalue weighted by molar-refractivity contribution is 5.94. The van der Waals surface area contributed by atoms with Crippen molar-refractivity contribution in [1.29, 1.82) is 0 Å². The second-order valence-corrected chi connectivity index (χ2v) is 5.96. The Bertz CT molecular complexity index is 799. The minimum Gasteiger partial charge on any atom is -0.480 e. The molecule has 0 radical (unpaired) electrons. The molecule has 0 N–H and O–H groups in total. The highest BCUT2D eigenvalue weighted by Crippen LogP contribution is 2.27. The van der Waals surface area contributed by atoms with Gasteiger partial charge in [-0.25, -0.2) is 0 Å². The molecule has 1 atom stereocenters. The van der Waals surface area contributed by atoms with E-state index in [9.17, 15) is 18.0 Å². The predicted molar refractivity (Wildman–Crippen MR) is 87.4 cm³/mol. The van der Waals surface area contributed by atoms with Crippen molar-refractivity contribution in [1.82, 2.24) is 19.9 Å². The number of rotatable bonds is 4. The van der Waals surface area contributed by atoms with Gasteiger partial charge in [0.15, 0.2) is 0 Å². The lowest BCUT2D eigenvalue weighted by molar-refractivity contribution is -0.141. The number of pyridine rings is 1. The molecular formula is C17H17F3N4O3. The topological polar surface area (TPSA) is 77.4 Å². The number of methoxy groups -OCH3 is 1. The summed E-state index contributed by atoms with van der Waals surface area (Å²) in [6.07, 6.45) is 0.415. The van der Waals surface area contributed by atoms with Gasteiger partial charge in [-0.05, 0) is 25.0 Å². The smallest absolute Gasteiger partial charge is 0.433 e. The predicted octanol–water partition coefficient (Wildman–Crippen LogP) is 2.58. The van der Waals surface area contributed by atoms with Gasteiger partial charge in [-0.15, -0.1) is 0 Å². The number of nitrogens with zero attached hydrogens (tertiary/aromatic N) is 4. The van der Waals surface area contributed by atoms with Gasteiger partial charge in [0.1, 0.15) is 11.8 Å². The molecule has 27 heavy (non-hydrogen) atoms. The number of alkyl halides is 3. The number of piperidine rings is 1. The number of carbonyl (C=O) groups excluding carboxylic acids is 1. The molecule has 1 aliphatic rings. The number of hydrogen-bond donors (Lipinski definition) is 0. The average Bonchev–Trinajstić information content (AvgIpc) is 2.67. The van der Waals surface area contributed by atoms with Crippen molar-refractivity contribution >= 4 is 5.91 Å². The van der Waals surface area contributed by atoms with Crippen molar-refractivity contribution in [3.8, 4) is 11.8 Å². The van der Waals surface area contributed by atoms with Crippen LogP contribution in [0.15, 0.2) is 30.7 Å². The lowest BCUT2D eigenvalue weighted by atomic mass is 10.1. The van der Waals surface area contributed by atoms with E-state index in [1.807, 2.05) is 0 Å². The maximum atomic E-state index is 12.6. The van der Waals surface area contributed by atoms with E-state index in [0.29, 0.717) is 31.8 Å². The fourth-order valence-electron chi connectivity index (χ4n) is 2.75. The molecule has 3 rings (SSSR count). The van der Waals surface area contributed by atoms with Crippen LogP contribution in [-0.2, 0) is 6.18 Å². The zero-order chi connectivity index (χ0) is 19.4. The quantitative estimate of drug-likeness (QED) is 0.809. The molecule has 144 valence electrons. The second-order valence-electron chi connectivity index (χ2n) is 5.96. The molecule has 1 unspecified atom stereocenters. The monoisotopic (exact) mass is 382 g/mol. The van der Waals surface area contributed by atoms with Crippen LogP contribution < -0.4 is 9.47 Å². The Morgan fingerprint density at radius 2 is 2.00 bits per heavy atom. The first-order valence-corrected chi connectivity index (χ1v) is 8.22. The van der Waals surface area contributed by atoms with E-state index in [1.54, 1.807) is 0 Å². The van der Waals surface area contributed by atoms with Crippen LogP contribution in [0.4, 0.5) is 13.2 Å². The van der Waals surface area contributed by atoms with Crippen molar-refractivity contribution in [3.05, 3.63) is 42.0 Å². The van der Waals surface area contributed by atoms with Crippen molar-refractivity contribution in [2.45, 2.75) is 25.1 Å². The summed E-state index contributed by atoms with van der Waals surface area (Å²) in [6.45, 7) is 0.780. The lowest BCUT2D eigenvalue weighted by Gasteiger charge is -2.32. The van der Waals surface area contributed by atoms with Gasteiger partial charge in [-0.1, -0.05) is 0 Å². The van der Waals surface area contributed by atoms with E-state index in [-0.39, 0.29) is 23.5 Å². The number of ether oxygens (including phenoxy) is 2. The summed E-state index contributed by atoms with van der Waals surface area (Å²) in [4.78, 5) is 25.5. The molecule has 1 amide bonds. The molecule has 0 aromatic carbocycles. The van der Waals surface area contributed by atoms with E-state index < -0.39 is 11.9 Å². The number of hydrogen-bond acceptors (Lipinski definition) is 6. The van der Waals surface area contributed by atoms with Crippen LogP contribution in [0.3, 0.4) is 0 Å². The summed E-state index contributed by atoms with van der Waals surface area (Å²) in [5.74, 6) is 0.207. The number of amides is 1.